The van der Waals surface area contributed by atoms with E-state index in [4.69, 9.17) is 0 Å². The van der Waals surface area contributed by atoms with Crippen molar-refractivity contribution in [2.24, 2.45) is 0 Å². The molecule has 0 amide bonds. The summed E-state index contributed by atoms with van der Waals surface area (Å²) in [6.45, 7) is 2.04. The number of ether oxygens (including phenoxy) is 1. The van der Waals surface area contributed by atoms with Gasteiger partial charge in [0.1, 0.15) is 0 Å². The van der Waals surface area contributed by atoms with Crippen LogP contribution in [0.3, 0.4) is 0 Å². The highest BCUT2D eigenvalue weighted by molar-refractivity contribution is 8.03. The molecule has 1 aromatic carbocycles. The number of aldehydes is 1. The van der Waals surface area contributed by atoms with Crippen molar-refractivity contribution in [3.8, 4) is 0 Å². The molecule has 4 heteroatoms. The monoisotopic (exact) mass is 264 g/mol. The molecule has 0 spiro atoms. The van der Waals surface area contributed by atoms with Gasteiger partial charge in [-0.3, -0.25) is 4.79 Å². The molecule has 0 atom stereocenters. The minimum Gasteiger partial charge on any atom is -0.466 e. The molecule has 0 aliphatic carbocycles. The van der Waals surface area contributed by atoms with Gasteiger partial charge in [-0.1, -0.05) is 43.3 Å². The van der Waals surface area contributed by atoms with Crippen molar-refractivity contribution in [1.82, 2.24) is 0 Å². The topological polar surface area (TPSA) is 43.4 Å². The summed E-state index contributed by atoms with van der Waals surface area (Å²) >= 11 is 1.44. The van der Waals surface area contributed by atoms with Crippen LogP contribution >= 0.6 is 11.8 Å². The fourth-order valence-electron chi connectivity index (χ4n) is 1.40. The van der Waals surface area contributed by atoms with Crippen LogP contribution in [0.5, 0.6) is 0 Å². The number of methoxy groups -OCH3 is 1. The Hall–Kier alpha value is -1.55. The van der Waals surface area contributed by atoms with E-state index in [1.807, 2.05) is 25.1 Å². The molecule has 96 valence electrons. The van der Waals surface area contributed by atoms with E-state index in [0.717, 1.165) is 28.9 Å². The van der Waals surface area contributed by atoms with Crippen LogP contribution in [0.1, 0.15) is 30.1 Å². The normalized spacial score (nSPS) is 11.1. The lowest BCUT2D eigenvalue weighted by Gasteiger charge is -2.07. The van der Waals surface area contributed by atoms with Crippen LogP contribution in [-0.4, -0.2) is 19.4 Å². The third kappa shape index (κ3) is 4.37. The van der Waals surface area contributed by atoms with Crippen molar-refractivity contribution < 1.29 is 14.3 Å². The first kappa shape index (κ1) is 14.5. The second-order valence-electron chi connectivity index (χ2n) is 3.64. The number of carbonyl (C=O) groups excluding carboxylic acids is 2. The highest BCUT2D eigenvalue weighted by Gasteiger charge is 2.07. The maximum atomic E-state index is 11.3. The number of thioether (sulfide) groups is 1. The highest BCUT2D eigenvalue weighted by atomic mass is 32.2. The van der Waals surface area contributed by atoms with Crippen LogP contribution in [0.4, 0.5) is 0 Å². The Balaban J connectivity index is 2.92. The average molecular weight is 264 g/mol. The Morgan fingerprint density at radius 1 is 1.39 bits per heavy atom. The minimum atomic E-state index is -0.366. The van der Waals surface area contributed by atoms with Crippen LogP contribution in [-0.2, 0) is 9.53 Å². The Morgan fingerprint density at radius 2 is 2.11 bits per heavy atom. The summed E-state index contributed by atoms with van der Waals surface area (Å²) in [6.07, 6.45) is 4.02. The molecule has 0 radical (unpaired) electrons. The smallest absolute Gasteiger partial charge is 0.331 e. The minimum absolute atomic E-state index is 0.366. The van der Waals surface area contributed by atoms with Gasteiger partial charge in [0, 0.05) is 16.5 Å². The second-order valence-corrected chi connectivity index (χ2v) is 4.81. The standard InChI is InChI=1S/C14H16O3S/c1-3-6-12(9-14(16)17-2)18-13-8-5-4-7-11(13)10-15/h4-5,7-10H,3,6H2,1-2H3/b12-9-. The fraction of sp³-hybridized carbons (Fsp3) is 0.286. The van der Waals surface area contributed by atoms with Crippen LogP contribution in [0.2, 0.25) is 0 Å². The van der Waals surface area contributed by atoms with E-state index in [9.17, 15) is 9.59 Å². The number of esters is 1. The maximum Gasteiger partial charge on any atom is 0.331 e. The number of benzene rings is 1. The molecule has 3 nitrogen and oxygen atoms in total. The third-order valence-corrected chi connectivity index (χ3v) is 3.44. The fourth-order valence-corrected chi connectivity index (χ4v) is 2.53. The van der Waals surface area contributed by atoms with E-state index >= 15 is 0 Å². The van der Waals surface area contributed by atoms with Crippen LogP contribution in [0.25, 0.3) is 0 Å². The predicted molar refractivity (Wildman–Crippen MR) is 72.7 cm³/mol. The summed E-state index contributed by atoms with van der Waals surface area (Å²) in [5.41, 5.74) is 0.634. The lowest BCUT2D eigenvalue weighted by atomic mass is 10.2. The Bertz CT molecular complexity index is 452. The molecule has 0 aromatic heterocycles. The lowest BCUT2D eigenvalue weighted by Crippen LogP contribution is -1.96. The quantitative estimate of drug-likeness (QED) is 0.341. The average Bonchev–Trinajstić information content (AvgIpc) is 2.39. The van der Waals surface area contributed by atoms with E-state index in [1.54, 1.807) is 6.07 Å². The van der Waals surface area contributed by atoms with Gasteiger partial charge in [0.25, 0.3) is 0 Å². The van der Waals surface area contributed by atoms with Gasteiger partial charge >= 0.3 is 5.97 Å². The Morgan fingerprint density at radius 3 is 2.72 bits per heavy atom. The van der Waals surface area contributed by atoms with Gasteiger partial charge in [0.05, 0.1) is 7.11 Å². The van der Waals surface area contributed by atoms with Gasteiger partial charge in [0.15, 0.2) is 6.29 Å². The number of hydrogen-bond donors (Lipinski definition) is 0. The summed E-state index contributed by atoms with van der Waals surface area (Å²) < 4.78 is 4.62. The SMILES string of the molecule is CCC/C(=C/C(=O)OC)Sc1ccccc1C=O. The first-order valence-corrected chi connectivity index (χ1v) is 6.53. The van der Waals surface area contributed by atoms with Gasteiger partial charge in [0.2, 0.25) is 0 Å². The van der Waals surface area contributed by atoms with Crippen molar-refractivity contribution >= 4 is 24.0 Å². The molecule has 0 aliphatic heterocycles. The molecule has 1 aromatic rings. The predicted octanol–water partition coefficient (Wildman–Crippen LogP) is 3.45. The molecule has 0 saturated heterocycles. The zero-order valence-corrected chi connectivity index (χ0v) is 11.3. The molecular weight excluding hydrogens is 248 g/mol. The zero-order chi connectivity index (χ0) is 13.4. The largest absolute Gasteiger partial charge is 0.466 e. The van der Waals surface area contributed by atoms with Crippen molar-refractivity contribution in [3.63, 3.8) is 0 Å². The molecule has 0 fully saturated rings. The third-order valence-electron chi connectivity index (χ3n) is 2.26. The molecule has 1 rings (SSSR count). The van der Waals surface area contributed by atoms with Gasteiger partial charge in [-0.05, 0) is 17.4 Å². The first-order valence-electron chi connectivity index (χ1n) is 5.71. The second kappa shape index (κ2) is 7.71. The summed E-state index contributed by atoms with van der Waals surface area (Å²) in [7, 11) is 1.35. The molecule has 0 N–H and O–H groups in total. The van der Waals surface area contributed by atoms with Gasteiger partial charge in [-0.15, -0.1) is 0 Å². The number of allylic oxidation sites excluding steroid dienone is 1. The van der Waals surface area contributed by atoms with Crippen LogP contribution in [0.15, 0.2) is 40.1 Å². The molecule has 18 heavy (non-hydrogen) atoms. The van der Waals surface area contributed by atoms with Crippen molar-refractivity contribution in [2.45, 2.75) is 24.7 Å². The number of rotatable bonds is 6. The molecule has 0 unspecified atom stereocenters. The van der Waals surface area contributed by atoms with E-state index in [-0.39, 0.29) is 5.97 Å². The molecule has 0 saturated carbocycles. The summed E-state index contributed by atoms with van der Waals surface area (Å²) in [6, 6.07) is 7.32. The zero-order valence-electron chi connectivity index (χ0n) is 10.5. The van der Waals surface area contributed by atoms with Crippen molar-refractivity contribution in [3.05, 3.63) is 40.8 Å². The van der Waals surface area contributed by atoms with E-state index < -0.39 is 0 Å². The summed E-state index contributed by atoms with van der Waals surface area (Å²) in [5.74, 6) is -0.366. The van der Waals surface area contributed by atoms with E-state index in [2.05, 4.69) is 4.74 Å². The van der Waals surface area contributed by atoms with E-state index in [1.165, 1.54) is 24.9 Å². The van der Waals surface area contributed by atoms with Gasteiger partial charge in [-0.25, -0.2) is 4.79 Å². The number of carbonyl (C=O) groups is 2. The van der Waals surface area contributed by atoms with Crippen molar-refractivity contribution in [1.29, 1.82) is 0 Å². The van der Waals surface area contributed by atoms with Gasteiger partial charge in [-0.2, -0.15) is 0 Å². The maximum absolute atomic E-state index is 11.3. The molecule has 0 heterocycles. The first-order chi connectivity index (χ1) is 8.71. The summed E-state index contributed by atoms with van der Waals surface area (Å²) in [5, 5.41) is 0. The molecular formula is C14H16O3S. The van der Waals surface area contributed by atoms with Crippen molar-refractivity contribution in [2.75, 3.05) is 7.11 Å². The van der Waals surface area contributed by atoms with Crippen LogP contribution < -0.4 is 0 Å². The summed E-state index contributed by atoms with van der Waals surface area (Å²) in [4.78, 5) is 23.9. The number of hydrogen-bond acceptors (Lipinski definition) is 4. The molecule has 0 bridgehead atoms. The lowest BCUT2D eigenvalue weighted by molar-refractivity contribution is -0.134. The van der Waals surface area contributed by atoms with E-state index in [0.29, 0.717) is 5.56 Å². The van der Waals surface area contributed by atoms with Crippen LogP contribution in [0, 0.1) is 0 Å². The Labute approximate surface area is 111 Å². The highest BCUT2D eigenvalue weighted by Crippen LogP contribution is 2.31. The van der Waals surface area contributed by atoms with Gasteiger partial charge < -0.3 is 4.74 Å². The molecule has 0 aliphatic rings. The Kier molecular flexibility index (Phi) is 6.22.